The van der Waals surface area contributed by atoms with Crippen molar-refractivity contribution in [1.82, 2.24) is 20.0 Å². The molecule has 6 nitrogen and oxygen atoms in total. The fourth-order valence-corrected chi connectivity index (χ4v) is 2.98. The fourth-order valence-electron chi connectivity index (χ4n) is 2.57. The van der Waals surface area contributed by atoms with Gasteiger partial charge < -0.3 is 9.42 Å². The minimum Gasteiger partial charge on any atom is -0.339 e. The molecule has 0 spiro atoms. The first-order valence-corrected chi connectivity index (χ1v) is 9.31. The van der Waals surface area contributed by atoms with Crippen LogP contribution < -0.4 is 0 Å². The van der Waals surface area contributed by atoms with Gasteiger partial charge in [-0.15, -0.1) is 0 Å². The van der Waals surface area contributed by atoms with Gasteiger partial charge in [-0.3, -0.25) is 9.78 Å². The molecule has 1 amide bonds. The third-order valence-corrected chi connectivity index (χ3v) is 4.51. The van der Waals surface area contributed by atoms with Crippen molar-refractivity contribution in [2.45, 2.75) is 26.3 Å². The van der Waals surface area contributed by atoms with Crippen LogP contribution in [0.5, 0.6) is 0 Å². The Hall–Kier alpha value is -2.61. The lowest BCUT2D eigenvalue weighted by Crippen LogP contribution is -2.30. The number of aryl methyl sites for hydroxylation is 1. The third-order valence-electron chi connectivity index (χ3n) is 4.02. The molecule has 1 aromatic carbocycles. The summed E-state index contributed by atoms with van der Waals surface area (Å²) in [5.74, 6) is 0.325. The summed E-state index contributed by atoms with van der Waals surface area (Å²) in [4.78, 5) is 22.5. The van der Waals surface area contributed by atoms with Gasteiger partial charge in [0.2, 0.25) is 17.6 Å². The normalized spacial score (nSPS) is 10.8. The molecule has 0 aliphatic carbocycles. The molecule has 0 aliphatic heterocycles. The number of nitrogens with zero attached hydrogens (tertiary/aromatic N) is 4. The highest BCUT2D eigenvalue weighted by Crippen LogP contribution is 2.18. The summed E-state index contributed by atoms with van der Waals surface area (Å²) < 4.78 is 19.9. The predicted molar refractivity (Wildman–Crippen MR) is 101 cm³/mol. The summed E-state index contributed by atoms with van der Waals surface area (Å²) in [6.07, 6.45) is 2.17. The standard InChI is InChI=1S/C19H18BrFN4O2/c1-2-25(12-13-11-14(20)6-7-15(13)21)18(26)9-8-17-23-19(24-27-17)16-5-3-4-10-22-16/h3-7,10-11H,2,8-9,12H2,1H3. The molecule has 3 rings (SSSR count). The number of hydrogen-bond acceptors (Lipinski definition) is 5. The van der Waals surface area contributed by atoms with Crippen LogP contribution in [0.25, 0.3) is 11.5 Å². The highest BCUT2D eigenvalue weighted by atomic mass is 79.9. The second-order valence-corrected chi connectivity index (χ2v) is 6.79. The smallest absolute Gasteiger partial charge is 0.227 e. The van der Waals surface area contributed by atoms with Crippen molar-refractivity contribution in [3.63, 3.8) is 0 Å². The molecule has 0 bridgehead atoms. The molecule has 140 valence electrons. The van der Waals surface area contributed by atoms with Crippen molar-refractivity contribution in [3.05, 3.63) is 64.3 Å². The summed E-state index contributed by atoms with van der Waals surface area (Å²) in [7, 11) is 0. The van der Waals surface area contributed by atoms with Crippen molar-refractivity contribution in [2.75, 3.05) is 6.54 Å². The molecule has 0 saturated carbocycles. The number of halogens is 2. The van der Waals surface area contributed by atoms with Gasteiger partial charge in [0.25, 0.3) is 0 Å². The predicted octanol–water partition coefficient (Wildman–Crippen LogP) is 4.01. The van der Waals surface area contributed by atoms with Crippen molar-refractivity contribution in [1.29, 1.82) is 0 Å². The minimum absolute atomic E-state index is 0.102. The molecule has 0 radical (unpaired) electrons. The van der Waals surface area contributed by atoms with E-state index in [0.29, 0.717) is 35.9 Å². The van der Waals surface area contributed by atoms with Crippen LogP contribution in [-0.2, 0) is 17.8 Å². The van der Waals surface area contributed by atoms with E-state index in [-0.39, 0.29) is 24.7 Å². The summed E-state index contributed by atoms with van der Waals surface area (Å²) in [5, 5.41) is 3.89. The van der Waals surface area contributed by atoms with Gasteiger partial charge in [0.15, 0.2) is 0 Å². The maximum atomic E-state index is 13.9. The van der Waals surface area contributed by atoms with Crippen molar-refractivity contribution >= 4 is 21.8 Å². The van der Waals surface area contributed by atoms with Crippen LogP contribution >= 0.6 is 15.9 Å². The number of rotatable bonds is 7. The third kappa shape index (κ3) is 4.97. The molecule has 0 aliphatic rings. The number of hydrogen-bond donors (Lipinski definition) is 0. The summed E-state index contributed by atoms with van der Waals surface area (Å²) in [6.45, 7) is 2.55. The van der Waals surface area contributed by atoms with Gasteiger partial charge >= 0.3 is 0 Å². The average molecular weight is 433 g/mol. The fraction of sp³-hybridized carbons (Fsp3) is 0.263. The van der Waals surface area contributed by atoms with Crippen LogP contribution in [0.1, 0.15) is 24.8 Å². The van der Waals surface area contributed by atoms with E-state index in [1.807, 2.05) is 13.0 Å². The lowest BCUT2D eigenvalue weighted by atomic mass is 10.2. The second-order valence-electron chi connectivity index (χ2n) is 5.87. The molecule has 0 N–H and O–H groups in total. The maximum absolute atomic E-state index is 13.9. The number of carbonyl (C=O) groups excluding carboxylic acids is 1. The average Bonchev–Trinajstić information content (AvgIpc) is 3.16. The van der Waals surface area contributed by atoms with Gasteiger partial charge in [-0.05, 0) is 37.3 Å². The number of benzene rings is 1. The summed E-state index contributed by atoms with van der Waals surface area (Å²) in [5.41, 5.74) is 1.08. The molecule has 0 saturated heterocycles. The Labute approximate surface area is 164 Å². The number of amides is 1. The highest BCUT2D eigenvalue weighted by molar-refractivity contribution is 9.10. The Kier molecular flexibility index (Phi) is 6.28. The SMILES string of the molecule is CCN(Cc1cc(Br)ccc1F)C(=O)CCc1nc(-c2ccccn2)no1. The highest BCUT2D eigenvalue weighted by Gasteiger charge is 2.17. The monoisotopic (exact) mass is 432 g/mol. The minimum atomic E-state index is -0.332. The van der Waals surface area contributed by atoms with E-state index in [1.165, 1.54) is 6.07 Å². The lowest BCUT2D eigenvalue weighted by Gasteiger charge is -2.21. The molecule has 2 aromatic heterocycles. The molecule has 0 atom stereocenters. The Balaban J connectivity index is 1.61. The Morgan fingerprint density at radius 2 is 2.15 bits per heavy atom. The summed E-state index contributed by atoms with van der Waals surface area (Å²) in [6, 6.07) is 10.1. The first kappa shape index (κ1) is 19.2. The second kappa shape index (κ2) is 8.85. The van der Waals surface area contributed by atoms with Crippen molar-refractivity contribution in [2.24, 2.45) is 0 Å². The molecule has 27 heavy (non-hydrogen) atoms. The molecule has 8 heteroatoms. The quantitative estimate of drug-likeness (QED) is 0.563. The van der Waals surface area contributed by atoms with Gasteiger partial charge in [-0.25, -0.2) is 4.39 Å². The summed E-state index contributed by atoms with van der Waals surface area (Å²) >= 11 is 3.33. The molecule has 0 fully saturated rings. The Morgan fingerprint density at radius 3 is 2.89 bits per heavy atom. The topological polar surface area (TPSA) is 72.1 Å². The van der Waals surface area contributed by atoms with E-state index >= 15 is 0 Å². The largest absolute Gasteiger partial charge is 0.339 e. The Bertz CT molecular complexity index is 917. The zero-order chi connectivity index (χ0) is 19.2. The van der Waals surface area contributed by atoms with Crippen molar-refractivity contribution < 1.29 is 13.7 Å². The van der Waals surface area contributed by atoms with E-state index in [4.69, 9.17) is 4.52 Å². The molecule has 2 heterocycles. The van der Waals surface area contributed by atoms with Crippen LogP contribution in [0.2, 0.25) is 0 Å². The Morgan fingerprint density at radius 1 is 1.30 bits per heavy atom. The van der Waals surface area contributed by atoms with Crippen LogP contribution in [-0.4, -0.2) is 32.5 Å². The molecular weight excluding hydrogens is 415 g/mol. The van der Waals surface area contributed by atoms with E-state index in [1.54, 1.807) is 35.4 Å². The molecule has 0 unspecified atom stereocenters. The van der Waals surface area contributed by atoms with E-state index < -0.39 is 0 Å². The van der Waals surface area contributed by atoms with Gasteiger partial charge in [0.05, 0.1) is 0 Å². The van der Waals surface area contributed by atoms with Crippen LogP contribution in [0, 0.1) is 5.82 Å². The van der Waals surface area contributed by atoms with E-state index in [2.05, 4.69) is 31.1 Å². The van der Waals surface area contributed by atoms with Crippen LogP contribution in [0.3, 0.4) is 0 Å². The van der Waals surface area contributed by atoms with E-state index in [9.17, 15) is 9.18 Å². The number of aromatic nitrogens is 3. The van der Waals surface area contributed by atoms with Gasteiger partial charge in [0, 0.05) is 42.2 Å². The zero-order valence-corrected chi connectivity index (χ0v) is 16.3. The van der Waals surface area contributed by atoms with E-state index in [0.717, 1.165) is 4.47 Å². The number of carbonyl (C=O) groups is 1. The van der Waals surface area contributed by atoms with Crippen molar-refractivity contribution in [3.8, 4) is 11.5 Å². The maximum Gasteiger partial charge on any atom is 0.227 e. The molecular formula is C19H18BrFN4O2. The van der Waals surface area contributed by atoms with Gasteiger partial charge in [0.1, 0.15) is 11.5 Å². The molecule has 3 aromatic rings. The lowest BCUT2D eigenvalue weighted by molar-refractivity contribution is -0.131. The van der Waals surface area contributed by atoms with Crippen LogP contribution in [0.15, 0.2) is 51.6 Å². The first-order chi connectivity index (χ1) is 13.1. The van der Waals surface area contributed by atoms with Gasteiger partial charge in [-0.1, -0.05) is 27.2 Å². The zero-order valence-electron chi connectivity index (χ0n) is 14.7. The van der Waals surface area contributed by atoms with Crippen LogP contribution in [0.4, 0.5) is 4.39 Å². The first-order valence-electron chi connectivity index (χ1n) is 8.52. The van der Waals surface area contributed by atoms with Gasteiger partial charge in [-0.2, -0.15) is 4.98 Å². The number of pyridine rings is 1.